The van der Waals surface area contributed by atoms with E-state index in [9.17, 15) is 0 Å². The minimum atomic E-state index is 0.552. The maximum Gasteiger partial charge on any atom is 0.112 e. The zero-order valence-corrected chi connectivity index (χ0v) is 12.5. The summed E-state index contributed by atoms with van der Waals surface area (Å²) in [4.78, 5) is 7.33. The van der Waals surface area contributed by atoms with Crippen LogP contribution in [-0.2, 0) is 6.54 Å². The number of aryl methyl sites for hydroxylation is 1. The minimum Gasteiger partial charge on any atom is -0.393 e. The van der Waals surface area contributed by atoms with Crippen molar-refractivity contribution in [3.8, 4) is 0 Å². The molecule has 1 heterocycles. The molecular formula is C14H17N3S2. The highest BCUT2D eigenvalue weighted by molar-refractivity contribution is 7.80. The number of thiocarbonyl (C=S) groups is 1. The highest BCUT2D eigenvalue weighted by Crippen LogP contribution is 2.19. The number of rotatable bonds is 6. The van der Waals surface area contributed by atoms with Crippen molar-refractivity contribution in [1.82, 2.24) is 4.98 Å². The Balaban J connectivity index is 2.12. The number of nitrogens with two attached hydrogens (primary N) is 1. The molecule has 2 aromatic rings. The summed E-state index contributed by atoms with van der Waals surface area (Å²) in [6.45, 7) is 3.63. The average Bonchev–Trinajstić information content (AvgIpc) is 2.81. The SMILES string of the molecule is Cc1csc(CN(CCC(N)=S)c2ccccc2)n1. The van der Waals surface area contributed by atoms with Gasteiger partial charge in [-0.05, 0) is 19.1 Å². The van der Waals surface area contributed by atoms with E-state index in [1.807, 2.05) is 25.1 Å². The van der Waals surface area contributed by atoms with E-state index in [0.29, 0.717) is 11.4 Å². The molecule has 0 atom stereocenters. The summed E-state index contributed by atoms with van der Waals surface area (Å²) in [7, 11) is 0. The van der Waals surface area contributed by atoms with E-state index < -0.39 is 0 Å². The number of hydrogen-bond donors (Lipinski definition) is 1. The minimum absolute atomic E-state index is 0.552. The van der Waals surface area contributed by atoms with E-state index in [1.54, 1.807) is 11.3 Å². The second-order valence-corrected chi connectivity index (χ2v) is 5.82. The molecule has 0 spiro atoms. The summed E-state index contributed by atoms with van der Waals surface area (Å²) >= 11 is 6.66. The Labute approximate surface area is 123 Å². The molecule has 0 radical (unpaired) electrons. The van der Waals surface area contributed by atoms with Crippen LogP contribution in [-0.4, -0.2) is 16.5 Å². The van der Waals surface area contributed by atoms with E-state index in [0.717, 1.165) is 23.8 Å². The first-order chi connectivity index (χ1) is 9.15. The van der Waals surface area contributed by atoms with Gasteiger partial charge in [-0.25, -0.2) is 4.98 Å². The summed E-state index contributed by atoms with van der Waals surface area (Å²) < 4.78 is 0. The Morgan fingerprint density at radius 1 is 1.37 bits per heavy atom. The number of benzene rings is 1. The Hall–Kier alpha value is -1.46. The van der Waals surface area contributed by atoms with Gasteiger partial charge in [0, 0.05) is 29.7 Å². The van der Waals surface area contributed by atoms with Gasteiger partial charge in [0.05, 0.1) is 11.5 Å². The number of nitrogens with zero attached hydrogens (tertiary/aromatic N) is 2. The van der Waals surface area contributed by atoms with Crippen LogP contribution < -0.4 is 10.6 Å². The lowest BCUT2D eigenvalue weighted by Gasteiger charge is -2.23. The predicted molar refractivity (Wildman–Crippen MR) is 85.7 cm³/mol. The van der Waals surface area contributed by atoms with E-state index in [4.69, 9.17) is 18.0 Å². The maximum atomic E-state index is 5.61. The average molecular weight is 291 g/mol. The van der Waals surface area contributed by atoms with Crippen LogP contribution in [0, 0.1) is 6.92 Å². The van der Waals surface area contributed by atoms with Crippen molar-refractivity contribution in [3.05, 3.63) is 46.4 Å². The molecule has 0 saturated carbocycles. The van der Waals surface area contributed by atoms with Crippen LogP contribution in [0.25, 0.3) is 0 Å². The van der Waals surface area contributed by atoms with E-state index in [-0.39, 0.29) is 0 Å². The van der Waals surface area contributed by atoms with Gasteiger partial charge < -0.3 is 10.6 Å². The third-order valence-electron chi connectivity index (χ3n) is 2.74. The van der Waals surface area contributed by atoms with Gasteiger partial charge in [-0.2, -0.15) is 0 Å². The monoisotopic (exact) mass is 291 g/mol. The third-order valence-corrected chi connectivity index (χ3v) is 3.90. The Morgan fingerprint density at radius 3 is 2.68 bits per heavy atom. The first-order valence-electron chi connectivity index (χ1n) is 6.14. The largest absolute Gasteiger partial charge is 0.393 e. The number of thiazole rings is 1. The van der Waals surface area contributed by atoms with Gasteiger partial charge in [-0.3, -0.25) is 0 Å². The van der Waals surface area contributed by atoms with Crippen LogP contribution in [0.15, 0.2) is 35.7 Å². The van der Waals surface area contributed by atoms with Crippen molar-refractivity contribution in [1.29, 1.82) is 0 Å². The van der Waals surface area contributed by atoms with Crippen LogP contribution in [0.2, 0.25) is 0 Å². The van der Waals surface area contributed by atoms with Gasteiger partial charge in [0.2, 0.25) is 0 Å². The molecule has 1 aromatic carbocycles. The molecule has 19 heavy (non-hydrogen) atoms. The summed E-state index contributed by atoms with van der Waals surface area (Å²) in [6, 6.07) is 10.3. The molecule has 0 bridgehead atoms. The molecule has 5 heteroatoms. The first kappa shape index (κ1) is 14.0. The van der Waals surface area contributed by atoms with Crippen molar-refractivity contribution >= 4 is 34.2 Å². The smallest absolute Gasteiger partial charge is 0.112 e. The fraction of sp³-hybridized carbons (Fsp3) is 0.286. The maximum absolute atomic E-state index is 5.61. The van der Waals surface area contributed by atoms with Crippen LogP contribution in [0.4, 0.5) is 5.69 Å². The Morgan fingerprint density at radius 2 is 2.11 bits per heavy atom. The van der Waals surface area contributed by atoms with E-state index in [2.05, 4.69) is 27.4 Å². The number of anilines is 1. The van der Waals surface area contributed by atoms with Crippen molar-refractivity contribution in [2.75, 3.05) is 11.4 Å². The molecule has 0 aliphatic rings. The van der Waals surface area contributed by atoms with Gasteiger partial charge in [-0.15, -0.1) is 11.3 Å². The Kier molecular flexibility index (Phi) is 4.87. The second kappa shape index (κ2) is 6.63. The fourth-order valence-corrected chi connectivity index (χ4v) is 2.70. The standard InChI is InChI=1S/C14H17N3S2/c1-11-10-19-14(16-11)9-17(8-7-13(15)18)12-5-3-2-4-6-12/h2-6,10H,7-9H2,1H3,(H2,15,18). The number of para-hydroxylation sites is 1. The lowest BCUT2D eigenvalue weighted by Crippen LogP contribution is -2.27. The molecule has 0 amide bonds. The summed E-state index contributed by atoms with van der Waals surface area (Å²) in [6.07, 6.45) is 0.717. The first-order valence-corrected chi connectivity index (χ1v) is 7.43. The quantitative estimate of drug-likeness (QED) is 0.830. The van der Waals surface area contributed by atoms with Crippen LogP contribution in [0.1, 0.15) is 17.1 Å². The predicted octanol–water partition coefficient (Wildman–Crippen LogP) is 3.13. The molecule has 0 fully saturated rings. The molecule has 0 unspecified atom stereocenters. The molecule has 3 nitrogen and oxygen atoms in total. The number of hydrogen-bond acceptors (Lipinski definition) is 4. The lowest BCUT2D eigenvalue weighted by molar-refractivity contribution is 0.799. The van der Waals surface area contributed by atoms with Gasteiger partial charge >= 0.3 is 0 Å². The zero-order valence-electron chi connectivity index (χ0n) is 10.9. The third kappa shape index (κ3) is 4.29. The fourth-order valence-electron chi connectivity index (χ4n) is 1.82. The molecule has 1 aromatic heterocycles. The van der Waals surface area contributed by atoms with Crippen molar-refractivity contribution in [2.45, 2.75) is 19.9 Å². The van der Waals surface area contributed by atoms with Gasteiger partial charge in [0.15, 0.2) is 0 Å². The Bertz CT molecular complexity index is 537. The van der Waals surface area contributed by atoms with Gasteiger partial charge in [0.25, 0.3) is 0 Å². The summed E-state index contributed by atoms with van der Waals surface area (Å²) in [5, 5.41) is 3.19. The van der Waals surface area contributed by atoms with Crippen molar-refractivity contribution < 1.29 is 0 Å². The molecular weight excluding hydrogens is 274 g/mol. The zero-order chi connectivity index (χ0) is 13.7. The van der Waals surface area contributed by atoms with Gasteiger partial charge in [-0.1, -0.05) is 30.4 Å². The summed E-state index contributed by atoms with van der Waals surface area (Å²) in [5.74, 6) is 0. The van der Waals surface area contributed by atoms with Gasteiger partial charge in [0.1, 0.15) is 5.01 Å². The van der Waals surface area contributed by atoms with E-state index >= 15 is 0 Å². The number of aromatic nitrogens is 1. The highest BCUT2D eigenvalue weighted by Gasteiger charge is 2.09. The highest BCUT2D eigenvalue weighted by atomic mass is 32.1. The second-order valence-electron chi connectivity index (χ2n) is 4.36. The van der Waals surface area contributed by atoms with Crippen LogP contribution in [0.3, 0.4) is 0 Å². The van der Waals surface area contributed by atoms with Crippen LogP contribution >= 0.6 is 23.6 Å². The molecule has 100 valence electrons. The lowest BCUT2D eigenvalue weighted by atomic mass is 10.2. The molecule has 0 aliphatic carbocycles. The topological polar surface area (TPSA) is 42.1 Å². The van der Waals surface area contributed by atoms with E-state index in [1.165, 1.54) is 5.69 Å². The van der Waals surface area contributed by atoms with Crippen molar-refractivity contribution in [2.24, 2.45) is 5.73 Å². The molecule has 2 N–H and O–H groups in total. The molecule has 2 rings (SSSR count). The molecule has 0 aliphatic heterocycles. The summed E-state index contributed by atoms with van der Waals surface area (Å²) in [5.41, 5.74) is 7.85. The normalized spacial score (nSPS) is 10.4. The van der Waals surface area contributed by atoms with Crippen LogP contribution in [0.5, 0.6) is 0 Å². The van der Waals surface area contributed by atoms with Crippen molar-refractivity contribution in [3.63, 3.8) is 0 Å². The molecule has 0 saturated heterocycles.